The van der Waals surface area contributed by atoms with Crippen LogP contribution in [0.25, 0.3) is 0 Å². The average molecular weight is 188 g/mol. The fourth-order valence-electron chi connectivity index (χ4n) is 0.830. The van der Waals surface area contributed by atoms with Crippen molar-refractivity contribution in [2.75, 3.05) is 0 Å². The van der Waals surface area contributed by atoms with Crippen LogP contribution in [0.15, 0.2) is 17.3 Å². The highest BCUT2D eigenvalue weighted by atomic mass is 35.5. The Hall–Kier alpha value is -1.29. The van der Waals surface area contributed by atoms with E-state index in [0.29, 0.717) is 0 Å². The van der Waals surface area contributed by atoms with E-state index in [1.54, 1.807) is 0 Å². The molecule has 0 radical (unpaired) electrons. The number of phenols is 2. The number of phenolic OH excluding ortho intramolecular Hbond substituents is 2. The highest BCUT2D eigenvalue weighted by Crippen LogP contribution is 2.31. The summed E-state index contributed by atoms with van der Waals surface area (Å²) in [6.45, 7) is -0.208. The second kappa shape index (κ2) is 3.40. The van der Waals surface area contributed by atoms with Crippen LogP contribution in [-0.2, 0) is 6.54 Å². The van der Waals surface area contributed by atoms with E-state index in [4.69, 9.17) is 16.7 Å². The second-order valence-corrected chi connectivity index (χ2v) is 2.63. The zero-order valence-electron chi connectivity index (χ0n) is 5.99. The molecule has 0 fully saturated rings. The van der Waals surface area contributed by atoms with Gasteiger partial charge in [-0.1, -0.05) is 16.8 Å². The fraction of sp³-hybridized carbons (Fsp3) is 0.143. The highest BCUT2D eigenvalue weighted by molar-refractivity contribution is 6.32. The van der Waals surface area contributed by atoms with Gasteiger partial charge in [0.05, 0.1) is 5.02 Å². The standard InChI is InChI=1S/C7H6ClNO3/c8-6-2-5(10)1-4(3-9-12)7(6)11/h1-2,10-11H,3H2. The minimum absolute atomic E-state index is 0.00801. The summed E-state index contributed by atoms with van der Waals surface area (Å²) in [5.74, 6) is -0.314. The number of halogens is 1. The molecule has 0 aliphatic carbocycles. The van der Waals surface area contributed by atoms with Crippen LogP contribution in [0.2, 0.25) is 5.02 Å². The third-order valence-corrected chi connectivity index (χ3v) is 1.65. The van der Waals surface area contributed by atoms with Crippen molar-refractivity contribution in [1.29, 1.82) is 0 Å². The van der Waals surface area contributed by atoms with Gasteiger partial charge in [-0.3, -0.25) is 0 Å². The summed E-state index contributed by atoms with van der Waals surface area (Å²) in [7, 11) is 0. The largest absolute Gasteiger partial charge is 0.508 e. The summed E-state index contributed by atoms with van der Waals surface area (Å²) in [5, 5.41) is 20.8. The zero-order valence-corrected chi connectivity index (χ0v) is 6.75. The third-order valence-electron chi connectivity index (χ3n) is 1.36. The Morgan fingerprint density at radius 3 is 2.67 bits per heavy atom. The van der Waals surface area contributed by atoms with Crippen LogP contribution in [0, 0.1) is 4.91 Å². The number of benzene rings is 1. The molecule has 1 aromatic rings. The molecule has 1 rings (SSSR count). The van der Waals surface area contributed by atoms with Crippen molar-refractivity contribution < 1.29 is 10.2 Å². The number of hydrogen-bond donors (Lipinski definition) is 2. The van der Waals surface area contributed by atoms with E-state index >= 15 is 0 Å². The van der Waals surface area contributed by atoms with Gasteiger partial charge in [-0.05, 0) is 6.07 Å². The molecule has 1 aromatic carbocycles. The molecule has 0 amide bonds. The molecule has 0 aliphatic rings. The minimum atomic E-state index is -0.214. The first kappa shape index (κ1) is 8.80. The molecule has 2 N–H and O–H groups in total. The lowest BCUT2D eigenvalue weighted by molar-refractivity contribution is 0.454. The first-order chi connectivity index (χ1) is 5.65. The predicted octanol–water partition coefficient (Wildman–Crippen LogP) is 2.02. The van der Waals surface area contributed by atoms with Gasteiger partial charge >= 0.3 is 0 Å². The van der Waals surface area contributed by atoms with Gasteiger partial charge in [0.2, 0.25) is 0 Å². The molecule has 0 spiro atoms. The van der Waals surface area contributed by atoms with Crippen molar-refractivity contribution in [3.05, 3.63) is 27.6 Å². The SMILES string of the molecule is O=NCc1cc(O)cc(Cl)c1O. The van der Waals surface area contributed by atoms with Crippen LogP contribution in [0.4, 0.5) is 0 Å². The van der Waals surface area contributed by atoms with Crippen LogP contribution in [0.5, 0.6) is 11.5 Å². The van der Waals surface area contributed by atoms with Crippen molar-refractivity contribution in [3.8, 4) is 11.5 Å². The van der Waals surface area contributed by atoms with Crippen LogP contribution >= 0.6 is 11.6 Å². The monoisotopic (exact) mass is 187 g/mol. The van der Waals surface area contributed by atoms with E-state index in [1.807, 2.05) is 0 Å². The highest BCUT2D eigenvalue weighted by Gasteiger charge is 2.07. The van der Waals surface area contributed by atoms with Crippen molar-refractivity contribution in [1.82, 2.24) is 0 Å². The Bertz CT molecular complexity index is 314. The molecular weight excluding hydrogens is 182 g/mol. The molecule has 0 saturated carbocycles. The smallest absolute Gasteiger partial charge is 0.139 e. The summed E-state index contributed by atoms with van der Waals surface area (Å²) in [5.41, 5.74) is 0.218. The fourth-order valence-corrected chi connectivity index (χ4v) is 1.06. The molecule has 4 nitrogen and oxygen atoms in total. The Morgan fingerprint density at radius 2 is 2.08 bits per heavy atom. The Labute approximate surface area is 73.4 Å². The van der Waals surface area contributed by atoms with Crippen LogP contribution in [-0.4, -0.2) is 10.2 Å². The lowest BCUT2D eigenvalue weighted by atomic mass is 10.2. The van der Waals surface area contributed by atoms with E-state index in [0.717, 1.165) is 0 Å². The van der Waals surface area contributed by atoms with E-state index in [-0.39, 0.29) is 28.6 Å². The van der Waals surface area contributed by atoms with Gasteiger partial charge in [0.15, 0.2) is 0 Å². The summed E-state index contributed by atoms with van der Waals surface area (Å²) < 4.78 is 0. The topological polar surface area (TPSA) is 69.9 Å². The molecule has 0 bridgehead atoms. The van der Waals surface area contributed by atoms with Crippen molar-refractivity contribution in [2.24, 2.45) is 5.18 Å². The maximum atomic E-state index is 9.86. The van der Waals surface area contributed by atoms with E-state index < -0.39 is 0 Å². The number of nitrogens with zero attached hydrogens (tertiary/aromatic N) is 1. The van der Waals surface area contributed by atoms with Gasteiger partial charge in [0.25, 0.3) is 0 Å². The maximum Gasteiger partial charge on any atom is 0.139 e. The molecule has 0 atom stereocenters. The van der Waals surface area contributed by atoms with Crippen LogP contribution in [0.1, 0.15) is 5.56 Å². The Balaban J connectivity index is 3.17. The lowest BCUT2D eigenvalue weighted by Gasteiger charge is -2.02. The third kappa shape index (κ3) is 1.65. The van der Waals surface area contributed by atoms with E-state index in [9.17, 15) is 10.0 Å². The molecule has 0 unspecified atom stereocenters. The summed E-state index contributed by atoms with van der Waals surface area (Å²) in [6, 6.07) is 2.42. The van der Waals surface area contributed by atoms with Gasteiger partial charge in [-0.2, -0.15) is 4.91 Å². The van der Waals surface area contributed by atoms with E-state index in [1.165, 1.54) is 12.1 Å². The van der Waals surface area contributed by atoms with Gasteiger partial charge in [-0.15, -0.1) is 0 Å². The van der Waals surface area contributed by atoms with Crippen LogP contribution < -0.4 is 0 Å². The number of nitroso groups, excluding NO2 is 1. The van der Waals surface area contributed by atoms with Gasteiger partial charge in [0, 0.05) is 11.6 Å². The normalized spacial score (nSPS) is 9.75. The molecule has 64 valence electrons. The summed E-state index contributed by atoms with van der Waals surface area (Å²) in [4.78, 5) is 9.86. The Morgan fingerprint density at radius 1 is 1.42 bits per heavy atom. The molecule has 0 heterocycles. The lowest BCUT2D eigenvalue weighted by Crippen LogP contribution is -1.82. The zero-order chi connectivity index (χ0) is 9.14. The Kier molecular flexibility index (Phi) is 2.50. The first-order valence-corrected chi connectivity index (χ1v) is 3.52. The first-order valence-electron chi connectivity index (χ1n) is 3.14. The molecule has 0 aliphatic heterocycles. The van der Waals surface area contributed by atoms with Crippen LogP contribution in [0.3, 0.4) is 0 Å². The van der Waals surface area contributed by atoms with Gasteiger partial charge < -0.3 is 10.2 Å². The van der Waals surface area contributed by atoms with E-state index in [2.05, 4.69) is 5.18 Å². The average Bonchev–Trinajstić information content (AvgIpc) is 2.00. The molecule has 0 saturated heterocycles. The predicted molar refractivity (Wildman–Crippen MR) is 44.3 cm³/mol. The van der Waals surface area contributed by atoms with Crippen molar-refractivity contribution in [3.63, 3.8) is 0 Å². The molecular formula is C7H6ClNO3. The number of aromatic hydroxyl groups is 2. The summed E-state index contributed by atoms with van der Waals surface area (Å²) >= 11 is 5.50. The molecule has 12 heavy (non-hydrogen) atoms. The second-order valence-electron chi connectivity index (χ2n) is 2.22. The van der Waals surface area contributed by atoms with Crippen molar-refractivity contribution >= 4 is 11.6 Å². The molecule has 5 heteroatoms. The quantitative estimate of drug-likeness (QED) is 0.550. The number of hydrogen-bond acceptors (Lipinski definition) is 4. The number of rotatable bonds is 2. The maximum absolute atomic E-state index is 9.86. The minimum Gasteiger partial charge on any atom is -0.508 e. The van der Waals surface area contributed by atoms with Gasteiger partial charge in [-0.25, -0.2) is 0 Å². The van der Waals surface area contributed by atoms with Gasteiger partial charge in [0.1, 0.15) is 18.0 Å². The van der Waals surface area contributed by atoms with Crippen molar-refractivity contribution in [2.45, 2.75) is 6.54 Å². The molecule has 0 aromatic heterocycles. The summed E-state index contributed by atoms with van der Waals surface area (Å²) in [6.07, 6.45) is 0.